The zero-order chi connectivity index (χ0) is 18.2. The van der Waals surface area contributed by atoms with Crippen molar-refractivity contribution in [2.24, 2.45) is 0 Å². The standard InChI is InChI=1S/C18H19N3O4.3ClH.Zn/c1-4-24-16-11-15(21-19)17(25-5-2)10-14(16)20-18(22)12-6-8-13(23-3)9-7-12;;;;/h6-11H,4-5H2,1-3H3;3*1H;/q;;;;+2/p-2. The molecule has 0 spiro atoms. The van der Waals surface area contributed by atoms with E-state index in [1.165, 1.54) is 6.07 Å². The summed E-state index contributed by atoms with van der Waals surface area (Å²) in [7, 11) is 1.56. The van der Waals surface area contributed by atoms with Crippen LogP contribution in [-0.2, 0) is 19.5 Å². The first-order valence-corrected chi connectivity index (χ1v) is 7.87. The predicted octanol–water partition coefficient (Wildman–Crippen LogP) is -4.76. The van der Waals surface area contributed by atoms with Gasteiger partial charge in [-0.3, -0.25) is 4.79 Å². The number of ether oxygens (including phenoxy) is 3. The molecule has 154 valence electrons. The molecule has 0 saturated heterocycles. The molecule has 0 aromatic heterocycles. The summed E-state index contributed by atoms with van der Waals surface area (Å²) in [6, 6.07) is 9.82. The van der Waals surface area contributed by atoms with Gasteiger partial charge in [-0.15, -0.1) is 0 Å². The van der Waals surface area contributed by atoms with Crippen molar-refractivity contribution >= 4 is 17.3 Å². The summed E-state index contributed by atoms with van der Waals surface area (Å²) in [5, 5.41) is 11.9. The third-order valence-electron chi connectivity index (χ3n) is 3.37. The average molecular weight is 514 g/mol. The summed E-state index contributed by atoms with van der Waals surface area (Å²) >= 11 is 0. The Labute approximate surface area is 201 Å². The van der Waals surface area contributed by atoms with E-state index >= 15 is 0 Å². The predicted molar refractivity (Wildman–Crippen MR) is 94.5 cm³/mol. The van der Waals surface area contributed by atoms with Crippen LogP contribution in [0.1, 0.15) is 24.2 Å². The van der Waals surface area contributed by atoms with Gasteiger partial charge in [-0.05, 0) is 38.1 Å². The number of anilines is 1. The van der Waals surface area contributed by atoms with Crippen molar-refractivity contribution in [3.63, 3.8) is 0 Å². The van der Waals surface area contributed by atoms with Gasteiger partial charge < -0.3 is 56.7 Å². The Morgan fingerprint density at radius 3 is 2.03 bits per heavy atom. The SMILES string of the molecule is CCOc1cc(NC(=O)c2ccc(OC)cc2)c(OCC)cc1[N+]#N.[Cl-].[Cl-].[Cl-].[Zn+2]. The Morgan fingerprint density at radius 1 is 1.00 bits per heavy atom. The Balaban J connectivity index is -0.00000169. The van der Waals surface area contributed by atoms with E-state index < -0.39 is 0 Å². The summed E-state index contributed by atoms with van der Waals surface area (Å²) in [6.07, 6.45) is 0. The normalized spacial score (nSPS) is 8.48. The first kappa shape index (κ1) is 31.9. The number of hydrogen-bond donors (Lipinski definition) is 1. The van der Waals surface area contributed by atoms with Crippen LogP contribution in [0.4, 0.5) is 11.4 Å². The molecule has 2 aromatic carbocycles. The second kappa shape index (κ2) is 16.1. The average Bonchev–Trinajstić information content (AvgIpc) is 2.64. The minimum atomic E-state index is -0.306. The van der Waals surface area contributed by atoms with Crippen molar-refractivity contribution in [1.29, 1.82) is 5.39 Å². The fourth-order valence-electron chi connectivity index (χ4n) is 2.21. The van der Waals surface area contributed by atoms with Gasteiger partial charge in [-0.1, -0.05) is 0 Å². The van der Waals surface area contributed by atoms with Crippen LogP contribution in [0.25, 0.3) is 4.98 Å². The van der Waals surface area contributed by atoms with Gasteiger partial charge in [-0.25, -0.2) is 0 Å². The number of amides is 1. The number of halogens is 3. The summed E-state index contributed by atoms with van der Waals surface area (Å²) < 4.78 is 16.1. The number of methoxy groups -OCH3 is 1. The molecule has 1 amide bonds. The first-order chi connectivity index (χ1) is 12.1. The summed E-state index contributed by atoms with van der Waals surface area (Å²) in [4.78, 5) is 15.7. The van der Waals surface area contributed by atoms with Crippen molar-refractivity contribution in [2.45, 2.75) is 13.8 Å². The minimum absolute atomic E-state index is 0. The molecule has 0 bridgehead atoms. The van der Waals surface area contributed by atoms with E-state index in [-0.39, 0.29) is 68.3 Å². The molecule has 1 N–H and O–H groups in total. The van der Waals surface area contributed by atoms with Crippen LogP contribution in [0.15, 0.2) is 36.4 Å². The molecule has 0 aliphatic rings. The van der Waals surface area contributed by atoms with Gasteiger partial charge in [0.15, 0.2) is 10.7 Å². The van der Waals surface area contributed by atoms with Gasteiger partial charge >= 0.3 is 25.2 Å². The maximum Gasteiger partial charge on any atom is 2.00 e. The molecule has 7 nitrogen and oxygen atoms in total. The van der Waals surface area contributed by atoms with Crippen molar-refractivity contribution in [3.8, 4) is 17.2 Å². The molecule has 0 atom stereocenters. The molecule has 11 heteroatoms. The zero-order valence-corrected chi connectivity index (χ0v) is 21.5. The van der Waals surface area contributed by atoms with Gasteiger partial charge in [0.25, 0.3) is 5.91 Å². The number of benzene rings is 2. The maximum atomic E-state index is 12.5. The Morgan fingerprint density at radius 2 is 1.55 bits per heavy atom. The van der Waals surface area contributed by atoms with E-state index in [0.29, 0.717) is 41.7 Å². The molecule has 2 rings (SSSR count). The van der Waals surface area contributed by atoms with Gasteiger partial charge in [0, 0.05) is 11.6 Å². The molecule has 0 fully saturated rings. The van der Waals surface area contributed by atoms with Crippen LogP contribution >= 0.6 is 0 Å². The summed E-state index contributed by atoms with van der Waals surface area (Å²) in [6.45, 7) is 4.42. The van der Waals surface area contributed by atoms with Crippen molar-refractivity contribution in [3.05, 3.63) is 46.9 Å². The number of diazo groups is 1. The number of nitrogens with zero attached hydrogens (tertiary/aromatic N) is 2. The van der Waals surface area contributed by atoms with Crippen LogP contribution in [0.2, 0.25) is 0 Å². The number of carbonyl (C=O) groups excluding carboxylic acids is 1. The molecule has 0 heterocycles. The van der Waals surface area contributed by atoms with Crippen LogP contribution < -0.4 is 56.7 Å². The molecule has 0 aliphatic heterocycles. The fraction of sp³-hybridized carbons (Fsp3) is 0.278. The van der Waals surface area contributed by atoms with Crippen LogP contribution in [0.5, 0.6) is 17.2 Å². The van der Waals surface area contributed by atoms with Crippen LogP contribution in [-0.4, -0.2) is 26.2 Å². The minimum Gasteiger partial charge on any atom is -1.00 e. The van der Waals surface area contributed by atoms with Crippen LogP contribution in [0.3, 0.4) is 0 Å². The summed E-state index contributed by atoms with van der Waals surface area (Å²) in [5.41, 5.74) is 1.13. The number of nitrogens with one attached hydrogen (secondary N) is 1. The summed E-state index contributed by atoms with van der Waals surface area (Å²) in [5.74, 6) is 1.10. The molecular formula is C18H20Cl3N3O4Zn. The zero-order valence-electron chi connectivity index (χ0n) is 16.2. The van der Waals surface area contributed by atoms with Crippen LogP contribution in [0, 0.1) is 5.39 Å². The van der Waals surface area contributed by atoms with Gasteiger partial charge in [0.05, 0.1) is 32.1 Å². The third kappa shape index (κ3) is 8.63. The molecule has 2 aromatic rings. The number of rotatable bonds is 7. The molecule has 0 radical (unpaired) electrons. The topological polar surface area (TPSA) is 84.9 Å². The quantitative estimate of drug-likeness (QED) is 0.297. The largest absolute Gasteiger partial charge is 2.00 e. The van der Waals surface area contributed by atoms with E-state index in [0.717, 1.165) is 0 Å². The van der Waals surface area contributed by atoms with E-state index in [4.69, 9.17) is 19.6 Å². The second-order valence-corrected chi connectivity index (χ2v) is 4.96. The fourth-order valence-corrected chi connectivity index (χ4v) is 2.21. The third-order valence-corrected chi connectivity index (χ3v) is 3.37. The van der Waals surface area contributed by atoms with Crippen molar-refractivity contribution < 1.29 is 75.7 Å². The number of hydrogen-bond acceptors (Lipinski definition) is 5. The molecule has 0 unspecified atom stereocenters. The Kier molecular flexibility index (Phi) is 17.7. The molecule has 29 heavy (non-hydrogen) atoms. The Hall–Kier alpha value is -1.78. The van der Waals surface area contributed by atoms with Gasteiger partial charge in [0.1, 0.15) is 5.75 Å². The van der Waals surface area contributed by atoms with Crippen molar-refractivity contribution in [1.82, 2.24) is 0 Å². The van der Waals surface area contributed by atoms with E-state index in [2.05, 4.69) is 10.3 Å². The first-order valence-electron chi connectivity index (χ1n) is 7.87. The number of carbonyl (C=O) groups is 1. The van der Waals surface area contributed by atoms with E-state index in [9.17, 15) is 4.79 Å². The maximum absolute atomic E-state index is 12.5. The van der Waals surface area contributed by atoms with E-state index in [1.807, 2.05) is 13.8 Å². The monoisotopic (exact) mass is 511 g/mol. The van der Waals surface area contributed by atoms with Gasteiger partial charge in [0.2, 0.25) is 11.1 Å². The van der Waals surface area contributed by atoms with Gasteiger partial charge in [-0.2, -0.15) is 0 Å². The molecule has 0 aliphatic carbocycles. The smallest absolute Gasteiger partial charge is 1.00 e. The Bertz CT molecular complexity index is 802. The van der Waals surface area contributed by atoms with Crippen molar-refractivity contribution in [2.75, 3.05) is 25.6 Å². The molecule has 0 saturated carbocycles. The van der Waals surface area contributed by atoms with E-state index in [1.54, 1.807) is 37.4 Å². The molecular weight excluding hydrogens is 494 g/mol. The second-order valence-electron chi connectivity index (χ2n) is 4.96.